The molecule has 0 saturated heterocycles. The van der Waals surface area contributed by atoms with Crippen molar-refractivity contribution in [2.45, 2.75) is 97.8 Å². The number of aromatic nitrogens is 3. The topological polar surface area (TPSA) is 162 Å². The SMILES string of the molecule is CC(=O)NCCCCCCNc1nc(NCCCCCCNC(C)=O)nc(NCCCCCCNC(C)=O)n1. The van der Waals surface area contributed by atoms with E-state index in [9.17, 15) is 14.4 Å². The summed E-state index contributed by atoms with van der Waals surface area (Å²) in [7, 11) is 0. The van der Waals surface area contributed by atoms with Crippen LogP contribution >= 0.6 is 0 Å². The fourth-order valence-corrected chi connectivity index (χ4v) is 3.82. The van der Waals surface area contributed by atoms with Crippen molar-refractivity contribution in [1.82, 2.24) is 30.9 Å². The van der Waals surface area contributed by atoms with Gasteiger partial charge in [-0.1, -0.05) is 38.5 Å². The van der Waals surface area contributed by atoms with Gasteiger partial charge in [-0.2, -0.15) is 15.0 Å². The lowest BCUT2D eigenvalue weighted by molar-refractivity contribution is -0.119. The van der Waals surface area contributed by atoms with Crippen LogP contribution in [0, 0.1) is 0 Å². The number of nitrogens with zero attached hydrogens (tertiary/aromatic N) is 3. The Hall–Kier alpha value is -3.18. The van der Waals surface area contributed by atoms with Gasteiger partial charge in [-0.3, -0.25) is 14.4 Å². The van der Waals surface area contributed by atoms with Crippen LogP contribution in [-0.2, 0) is 14.4 Å². The highest BCUT2D eigenvalue weighted by Crippen LogP contribution is 2.11. The molecule has 0 aromatic carbocycles. The minimum atomic E-state index is 0.0178. The molecule has 0 unspecified atom stereocenters. The van der Waals surface area contributed by atoms with Crippen molar-refractivity contribution in [2.24, 2.45) is 0 Å². The molecule has 0 spiro atoms. The average Bonchev–Trinajstić information content (AvgIpc) is 2.88. The molecular formula is C27H51N9O3. The molecule has 1 aromatic rings. The second kappa shape index (κ2) is 22.8. The number of hydrogen-bond acceptors (Lipinski definition) is 9. The first kappa shape index (κ1) is 33.8. The van der Waals surface area contributed by atoms with Crippen molar-refractivity contribution >= 4 is 35.6 Å². The van der Waals surface area contributed by atoms with Crippen LogP contribution < -0.4 is 31.9 Å². The molecule has 0 fully saturated rings. The van der Waals surface area contributed by atoms with E-state index in [0.29, 0.717) is 17.8 Å². The van der Waals surface area contributed by atoms with Crippen molar-refractivity contribution in [1.29, 1.82) is 0 Å². The van der Waals surface area contributed by atoms with Crippen molar-refractivity contribution in [2.75, 3.05) is 55.2 Å². The normalized spacial score (nSPS) is 10.5. The lowest BCUT2D eigenvalue weighted by Crippen LogP contribution is -2.20. The van der Waals surface area contributed by atoms with Crippen molar-refractivity contribution in [3.8, 4) is 0 Å². The van der Waals surface area contributed by atoms with Crippen molar-refractivity contribution in [3.05, 3.63) is 0 Å². The Balaban J connectivity index is 2.42. The summed E-state index contributed by atoms with van der Waals surface area (Å²) in [5.41, 5.74) is 0. The smallest absolute Gasteiger partial charge is 0.229 e. The molecular weight excluding hydrogens is 498 g/mol. The predicted molar refractivity (Wildman–Crippen MR) is 157 cm³/mol. The number of rotatable bonds is 24. The largest absolute Gasteiger partial charge is 0.356 e. The molecule has 0 bridgehead atoms. The summed E-state index contributed by atoms with van der Waals surface area (Å²) in [4.78, 5) is 46.4. The van der Waals surface area contributed by atoms with Crippen LogP contribution in [0.3, 0.4) is 0 Å². The standard InChI is InChI=1S/C27H51N9O3/c1-22(37)28-16-10-4-7-13-19-31-25-34-26(32-20-14-8-5-11-17-29-23(2)38)36-27(35-25)33-21-15-9-6-12-18-30-24(3)39/h4-21H2,1-3H3,(H,28,37)(H,29,38)(H,30,39)(H3,31,32,33,34,35,36). The van der Waals surface area contributed by atoms with Crippen LogP contribution in [0.15, 0.2) is 0 Å². The van der Waals surface area contributed by atoms with Gasteiger partial charge in [0.25, 0.3) is 0 Å². The first-order chi connectivity index (χ1) is 18.9. The molecule has 12 heteroatoms. The Kier molecular flexibility index (Phi) is 19.8. The second-order valence-corrected chi connectivity index (χ2v) is 9.78. The first-order valence-corrected chi connectivity index (χ1v) is 14.6. The maximum absolute atomic E-state index is 10.9. The van der Waals surface area contributed by atoms with E-state index in [1.54, 1.807) is 0 Å². The first-order valence-electron chi connectivity index (χ1n) is 14.6. The van der Waals surface area contributed by atoms with Gasteiger partial charge < -0.3 is 31.9 Å². The minimum Gasteiger partial charge on any atom is -0.356 e. The zero-order valence-corrected chi connectivity index (χ0v) is 24.3. The number of amides is 3. The summed E-state index contributed by atoms with van der Waals surface area (Å²) >= 11 is 0. The molecule has 12 nitrogen and oxygen atoms in total. The molecule has 1 aromatic heterocycles. The fraction of sp³-hybridized carbons (Fsp3) is 0.778. The summed E-state index contributed by atoms with van der Waals surface area (Å²) in [6.07, 6.45) is 12.3. The number of unbranched alkanes of at least 4 members (excludes halogenated alkanes) is 9. The van der Waals surface area contributed by atoms with Gasteiger partial charge in [0.15, 0.2) is 0 Å². The lowest BCUT2D eigenvalue weighted by atomic mass is 10.2. The van der Waals surface area contributed by atoms with Gasteiger partial charge in [0, 0.05) is 60.0 Å². The minimum absolute atomic E-state index is 0.0178. The van der Waals surface area contributed by atoms with E-state index in [1.165, 1.54) is 20.8 Å². The third-order valence-electron chi connectivity index (χ3n) is 5.92. The Morgan fingerprint density at radius 2 is 0.641 bits per heavy atom. The van der Waals surface area contributed by atoms with Crippen molar-refractivity contribution < 1.29 is 14.4 Å². The molecule has 0 aliphatic heterocycles. The van der Waals surface area contributed by atoms with E-state index < -0.39 is 0 Å². The van der Waals surface area contributed by atoms with Gasteiger partial charge in [0.05, 0.1) is 0 Å². The van der Waals surface area contributed by atoms with Crippen molar-refractivity contribution in [3.63, 3.8) is 0 Å². The molecule has 0 aliphatic carbocycles. The maximum atomic E-state index is 10.9. The Morgan fingerprint density at radius 1 is 0.410 bits per heavy atom. The Labute approximate surface area is 234 Å². The number of carbonyl (C=O) groups is 3. The van der Waals surface area contributed by atoms with Gasteiger partial charge in [0.1, 0.15) is 0 Å². The summed E-state index contributed by atoms with van der Waals surface area (Å²) in [5.74, 6) is 1.72. The van der Waals surface area contributed by atoms with Crippen LogP contribution in [0.4, 0.5) is 17.8 Å². The Bertz CT molecular complexity index is 707. The number of carbonyl (C=O) groups excluding carboxylic acids is 3. The van der Waals surface area contributed by atoms with Gasteiger partial charge in [-0.25, -0.2) is 0 Å². The molecule has 1 rings (SSSR count). The third kappa shape index (κ3) is 21.4. The van der Waals surface area contributed by atoms with Gasteiger partial charge in [-0.05, 0) is 38.5 Å². The summed E-state index contributed by atoms with van der Waals surface area (Å²) in [5, 5.41) is 18.4. The molecule has 222 valence electrons. The molecule has 3 amide bonds. The van der Waals surface area contributed by atoms with E-state index in [4.69, 9.17) is 0 Å². The van der Waals surface area contributed by atoms with E-state index in [2.05, 4.69) is 46.9 Å². The highest BCUT2D eigenvalue weighted by atomic mass is 16.2. The molecule has 1 heterocycles. The maximum Gasteiger partial charge on any atom is 0.229 e. The van der Waals surface area contributed by atoms with E-state index in [1.807, 2.05) is 0 Å². The van der Waals surface area contributed by atoms with E-state index in [0.717, 1.165) is 116 Å². The number of hydrogen-bond donors (Lipinski definition) is 6. The third-order valence-corrected chi connectivity index (χ3v) is 5.92. The van der Waals surface area contributed by atoms with Gasteiger partial charge in [0.2, 0.25) is 35.6 Å². The van der Waals surface area contributed by atoms with Crippen LogP contribution in [0.5, 0.6) is 0 Å². The van der Waals surface area contributed by atoms with E-state index >= 15 is 0 Å². The predicted octanol–water partition coefficient (Wildman–Crippen LogP) is 3.20. The fourth-order valence-electron chi connectivity index (χ4n) is 3.82. The highest BCUT2D eigenvalue weighted by molar-refractivity contribution is 5.73. The number of nitrogens with one attached hydrogen (secondary N) is 6. The van der Waals surface area contributed by atoms with Crippen LogP contribution in [0.2, 0.25) is 0 Å². The van der Waals surface area contributed by atoms with Gasteiger partial charge >= 0.3 is 0 Å². The summed E-state index contributed by atoms with van der Waals surface area (Å²) in [6.45, 7) is 9.11. The Morgan fingerprint density at radius 3 is 0.872 bits per heavy atom. The zero-order valence-electron chi connectivity index (χ0n) is 24.3. The zero-order chi connectivity index (χ0) is 28.6. The van der Waals surface area contributed by atoms with E-state index in [-0.39, 0.29) is 17.7 Å². The second-order valence-electron chi connectivity index (χ2n) is 9.78. The lowest BCUT2D eigenvalue weighted by Gasteiger charge is -2.12. The molecule has 39 heavy (non-hydrogen) atoms. The summed E-state index contributed by atoms with van der Waals surface area (Å²) < 4.78 is 0. The van der Waals surface area contributed by atoms with Crippen LogP contribution in [0.25, 0.3) is 0 Å². The average molecular weight is 550 g/mol. The molecule has 0 aliphatic rings. The molecule has 0 atom stereocenters. The number of anilines is 3. The van der Waals surface area contributed by atoms with Crippen LogP contribution in [-0.4, -0.2) is 71.9 Å². The molecule has 0 radical (unpaired) electrons. The molecule has 0 saturated carbocycles. The summed E-state index contributed by atoms with van der Waals surface area (Å²) in [6, 6.07) is 0. The van der Waals surface area contributed by atoms with Crippen LogP contribution in [0.1, 0.15) is 97.8 Å². The monoisotopic (exact) mass is 549 g/mol. The molecule has 6 N–H and O–H groups in total. The quantitative estimate of drug-likeness (QED) is 0.106. The van der Waals surface area contributed by atoms with Gasteiger partial charge in [-0.15, -0.1) is 0 Å². The highest BCUT2D eigenvalue weighted by Gasteiger charge is 2.06.